The van der Waals surface area contributed by atoms with E-state index in [9.17, 15) is 4.79 Å². The molecular weight excluding hydrogens is 286 g/mol. The molecule has 1 aliphatic heterocycles. The Hall–Kier alpha value is -1.26. The van der Waals surface area contributed by atoms with Crippen molar-refractivity contribution in [1.29, 1.82) is 0 Å². The van der Waals surface area contributed by atoms with Gasteiger partial charge in [-0.15, -0.1) is 0 Å². The van der Waals surface area contributed by atoms with E-state index in [1.807, 2.05) is 29.2 Å². The van der Waals surface area contributed by atoms with Gasteiger partial charge in [-0.1, -0.05) is 18.5 Å². The number of amides is 1. The first-order valence-corrected chi connectivity index (χ1v) is 7.99. The molecule has 1 unspecified atom stereocenters. The lowest BCUT2D eigenvalue weighted by atomic mass is 10.2. The smallest absolute Gasteiger partial charge is 0.224 e. The molecule has 116 valence electrons. The third kappa shape index (κ3) is 4.61. The molecule has 0 radical (unpaired) electrons. The molecule has 1 aromatic rings. The molecule has 1 amide bonds. The zero-order valence-electron chi connectivity index (χ0n) is 12.8. The predicted octanol–water partition coefficient (Wildman–Crippen LogP) is 2.38. The molecule has 4 nitrogen and oxygen atoms in total. The Labute approximate surface area is 132 Å². The Kier molecular flexibility index (Phi) is 5.88. The van der Waals surface area contributed by atoms with Crippen LogP contribution < -0.4 is 10.2 Å². The molecule has 0 saturated carbocycles. The molecule has 21 heavy (non-hydrogen) atoms. The van der Waals surface area contributed by atoms with Gasteiger partial charge in [0, 0.05) is 49.4 Å². The summed E-state index contributed by atoms with van der Waals surface area (Å²) in [6.07, 6.45) is 0.578. The van der Waals surface area contributed by atoms with Crippen molar-refractivity contribution in [2.75, 3.05) is 37.6 Å². The van der Waals surface area contributed by atoms with Crippen LogP contribution in [0.1, 0.15) is 20.3 Å². The van der Waals surface area contributed by atoms with E-state index in [4.69, 9.17) is 11.6 Å². The van der Waals surface area contributed by atoms with Crippen molar-refractivity contribution in [3.8, 4) is 0 Å². The fourth-order valence-electron chi connectivity index (χ4n) is 2.68. The van der Waals surface area contributed by atoms with E-state index in [0.717, 1.165) is 37.7 Å². The number of carbonyl (C=O) groups is 1. The lowest BCUT2D eigenvalue weighted by Gasteiger charge is -2.36. The van der Waals surface area contributed by atoms with Crippen LogP contribution in [0.2, 0.25) is 5.02 Å². The lowest BCUT2D eigenvalue weighted by molar-refractivity contribution is -0.131. The minimum absolute atomic E-state index is 0.247. The summed E-state index contributed by atoms with van der Waals surface area (Å²) < 4.78 is 0. The highest BCUT2D eigenvalue weighted by Crippen LogP contribution is 2.19. The van der Waals surface area contributed by atoms with Gasteiger partial charge in [0.15, 0.2) is 0 Å². The van der Waals surface area contributed by atoms with Gasteiger partial charge < -0.3 is 15.1 Å². The molecular formula is C16H24ClN3O. The van der Waals surface area contributed by atoms with E-state index in [1.165, 1.54) is 5.69 Å². The van der Waals surface area contributed by atoms with Crippen LogP contribution >= 0.6 is 11.6 Å². The summed E-state index contributed by atoms with van der Waals surface area (Å²) in [5.41, 5.74) is 1.17. The molecule has 1 fully saturated rings. The van der Waals surface area contributed by atoms with Gasteiger partial charge in [0.1, 0.15) is 0 Å². The van der Waals surface area contributed by atoms with Gasteiger partial charge in [-0.05, 0) is 37.7 Å². The average Bonchev–Trinajstić information content (AvgIpc) is 2.48. The molecule has 1 aliphatic rings. The molecule has 1 N–H and O–H groups in total. The van der Waals surface area contributed by atoms with E-state index in [-0.39, 0.29) is 11.9 Å². The Morgan fingerprint density at radius 1 is 1.24 bits per heavy atom. The van der Waals surface area contributed by atoms with Crippen LogP contribution in [0.5, 0.6) is 0 Å². The number of hydrogen-bond acceptors (Lipinski definition) is 3. The van der Waals surface area contributed by atoms with Crippen LogP contribution in [0.4, 0.5) is 5.69 Å². The van der Waals surface area contributed by atoms with Crippen LogP contribution in [0.3, 0.4) is 0 Å². The largest absolute Gasteiger partial charge is 0.368 e. The Morgan fingerprint density at radius 3 is 2.43 bits per heavy atom. The fourth-order valence-corrected chi connectivity index (χ4v) is 2.80. The van der Waals surface area contributed by atoms with E-state index in [2.05, 4.69) is 24.1 Å². The van der Waals surface area contributed by atoms with Crippen molar-refractivity contribution in [1.82, 2.24) is 10.2 Å². The maximum atomic E-state index is 12.2. The summed E-state index contributed by atoms with van der Waals surface area (Å²) in [5.74, 6) is 0.249. The summed E-state index contributed by atoms with van der Waals surface area (Å²) in [5, 5.41) is 4.04. The molecule has 0 aliphatic carbocycles. The third-order valence-electron chi connectivity index (χ3n) is 3.86. The van der Waals surface area contributed by atoms with E-state index >= 15 is 0 Å². The highest BCUT2D eigenvalue weighted by molar-refractivity contribution is 6.30. The van der Waals surface area contributed by atoms with Crippen molar-refractivity contribution in [2.24, 2.45) is 0 Å². The molecule has 5 heteroatoms. The number of carbonyl (C=O) groups excluding carboxylic acids is 1. The van der Waals surface area contributed by atoms with Crippen LogP contribution in [0.25, 0.3) is 0 Å². The van der Waals surface area contributed by atoms with Crippen molar-refractivity contribution in [3.05, 3.63) is 29.3 Å². The fraction of sp³-hybridized carbons (Fsp3) is 0.562. The van der Waals surface area contributed by atoms with Crippen LogP contribution in [0.15, 0.2) is 24.3 Å². The number of nitrogens with one attached hydrogen (secondary N) is 1. The Bertz CT molecular complexity index is 455. The summed E-state index contributed by atoms with van der Waals surface area (Å²) in [6.45, 7) is 8.36. The number of nitrogens with zero attached hydrogens (tertiary/aromatic N) is 2. The number of piperazine rings is 1. The first-order chi connectivity index (χ1) is 10.1. The molecule has 2 rings (SSSR count). The number of anilines is 1. The molecule has 0 aromatic heterocycles. The molecule has 0 spiro atoms. The van der Waals surface area contributed by atoms with Crippen molar-refractivity contribution in [2.45, 2.75) is 26.3 Å². The zero-order valence-corrected chi connectivity index (χ0v) is 13.6. The van der Waals surface area contributed by atoms with E-state index in [1.54, 1.807) is 0 Å². The molecule has 1 atom stereocenters. The Balaban J connectivity index is 1.82. The molecule has 0 bridgehead atoms. The summed E-state index contributed by atoms with van der Waals surface area (Å²) in [6, 6.07) is 8.14. The maximum absolute atomic E-state index is 12.2. The standard InChI is InChI=1S/C16H24ClN3O/c1-3-18-13(2)12-16(21)20-10-8-19(9-11-20)15-6-4-14(17)5-7-15/h4-7,13,18H,3,8-12H2,1-2H3. The van der Waals surface area contributed by atoms with Crippen LogP contribution in [-0.2, 0) is 4.79 Å². The molecule has 1 heterocycles. The topological polar surface area (TPSA) is 35.6 Å². The molecule has 1 saturated heterocycles. The lowest BCUT2D eigenvalue weighted by Crippen LogP contribution is -2.49. The summed E-state index contributed by atoms with van der Waals surface area (Å²) >= 11 is 5.91. The SMILES string of the molecule is CCNC(C)CC(=O)N1CCN(c2ccc(Cl)cc2)CC1. The van der Waals surface area contributed by atoms with Crippen LogP contribution in [0, 0.1) is 0 Å². The number of rotatable bonds is 5. The predicted molar refractivity (Wildman–Crippen MR) is 88.0 cm³/mol. The minimum atomic E-state index is 0.247. The van der Waals surface area contributed by atoms with E-state index in [0.29, 0.717) is 6.42 Å². The summed E-state index contributed by atoms with van der Waals surface area (Å²) in [4.78, 5) is 16.5. The monoisotopic (exact) mass is 309 g/mol. The maximum Gasteiger partial charge on any atom is 0.224 e. The number of benzene rings is 1. The Morgan fingerprint density at radius 2 is 1.86 bits per heavy atom. The van der Waals surface area contributed by atoms with Gasteiger partial charge in [-0.2, -0.15) is 0 Å². The molecule has 1 aromatic carbocycles. The van der Waals surface area contributed by atoms with Gasteiger partial charge in [0.2, 0.25) is 5.91 Å². The average molecular weight is 310 g/mol. The van der Waals surface area contributed by atoms with Crippen molar-refractivity contribution < 1.29 is 4.79 Å². The first kappa shape index (κ1) is 16.1. The first-order valence-electron chi connectivity index (χ1n) is 7.62. The zero-order chi connectivity index (χ0) is 15.2. The van der Waals surface area contributed by atoms with Crippen LogP contribution in [-0.4, -0.2) is 49.6 Å². The number of halogens is 1. The summed E-state index contributed by atoms with van der Waals surface area (Å²) in [7, 11) is 0. The highest BCUT2D eigenvalue weighted by Gasteiger charge is 2.22. The second-order valence-corrected chi connectivity index (χ2v) is 5.94. The third-order valence-corrected chi connectivity index (χ3v) is 4.11. The van der Waals surface area contributed by atoms with Gasteiger partial charge in [0.05, 0.1) is 0 Å². The minimum Gasteiger partial charge on any atom is -0.368 e. The van der Waals surface area contributed by atoms with Crippen molar-refractivity contribution in [3.63, 3.8) is 0 Å². The second-order valence-electron chi connectivity index (χ2n) is 5.51. The highest BCUT2D eigenvalue weighted by atomic mass is 35.5. The van der Waals surface area contributed by atoms with Crippen molar-refractivity contribution >= 4 is 23.2 Å². The number of hydrogen-bond donors (Lipinski definition) is 1. The van der Waals surface area contributed by atoms with Gasteiger partial charge >= 0.3 is 0 Å². The van der Waals surface area contributed by atoms with E-state index < -0.39 is 0 Å². The van der Waals surface area contributed by atoms with Gasteiger partial charge in [-0.25, -0.2) is 0 Å². The quantitative estimate of drug-likeness (QED) is 0.907. The van der Waals surface area contributed by atoms with Gasteiger partial charge in [-0.3, -0.25) is 4.79 Å². The normalized spacial score (nSPS) is 16.9. The van der Waals surface area contributed by atoms with Gasteiger partial charge in [0.25, 0.3) is 0 Å². The second kappa shape index (κ2) is 7.66.